The third-order valence-electron chi connectivity index (χ3n) is 7.59. The number of alkyl halides is 3. The lowest BCUT2D eigenvalue weighted by atomic mass is 9.83. The highest BCUT2D eigenvalue weighted by molar-refractivity contribution is 8.00. The largest absolute Gasteiger partial charge is 0.497 e. The lowest BCUT2D eigenvalue weighted by Gasteiger charge is -2.30. The number of methoxy groups -OCH3 is 1. The number of imide groups is 1. The zero-order valence-electron chi connectivity index (χ0n) is 23.3. The van der Waals surface area contributed by atoms with Crippen LogP contribution in [0.25, 0.3) is 0 Å². The van der Waals surface area contributed by atoms with Gasteiger partial charge in [-0.05, 0) is 55.0 Å². The smallest absolute Gasteiger partial charge is 0.416 e. The number of thiazole rings is 1. The van der Waals surface area contributed by atoms with Gasteiger partial charge < -0.3 is 10.1 Å². The highest BCUT2D eigenvalue weighted by Gasteiger charge is 2.57. The van der Waals surface area contributed by atoms with Gasteiger partial charge in [0.2, 0.25) is 17.7 Å². The predicted octanol–water partition coefficient (Wildman–Crippen LogP) is 5.68. The van der Waals surface area contributed by atoms with Crippen LogP contribution in [0.1, 0.15) is 27.5 Å². The molecule has 3 heterocycles. The molecule has 6 rings (SSSR count). The molecule has 1 N–H and O–H groups in total. The summed E-state index contributed by atoms with van der Waals surface area (Å²) in [4.78, 5) is 55.0. The number of carbonyl (C=O) groups is 3. The van der Waals surface area contributed by atoms with Gasteiger partial charge in [-0.1, -0.05) is 59.0 Å². The first-order valence-corrected chi connectivity index (χ1v) is 15.1. The summed E-state index contributed by atoms with van der Waals surface area (Å²) in [7, 11) is 1.50. The second kappa shape index (κ2) is 11.3. The van der Waals surface area contributed by atoms with Gasteiger partial charge in [-0.25, -0.2) is 4.90 Å². The highest BCUT2D eigenvalue weighted by atomic mass is 32.2. The van der Waals surface area contributed by atoms with Gasteiger partial charge in [0.05, 0.1) is 29.3 Å². The number of nitrogens with zero attached hydrogens (tertiary/aromatic N) is 2. The number of amides is 3. The van der Waals surface area contributed by atoms with Gasteiger partial charge in [0.1, 0.15) is 17.5 Å². The van der Waals surface area contributed by atoms with E-state index in [1.807, 2.05) is 19.1 Å². The van der Waals surface area contributed by atoms with Crippen LogP contribution in [0.3, 0.4) is 0 Å². The van der Waals surface area contributed by atoms with Crippen LogP contribution in [0.4, 0.5) is 24.5 Å². The molecule has 0 saturated carbocycles. The van der Waals surface area contributed by atoms with Crippen molar-refractivity contribution in [2.45, 2.75) is 35.8 Å². The monoisotopic (exact) mass is 639 g/mol. The van der Waals surface area contributed by atoms with Crippen LogP contribution in [0, 0.1) is 12.8 Å². The molecule has 1 aromatic heterocycles. The molecule has 8 nitrogen and oxygen atoms in total. The fourth-order valence-corrected chi connectivity index (χ4v) is 8.26. The lowest BCUT2D eigenvalue weighted by Crippen LogP contribution is -2.33. The molecule has 13 heteroatoms. The van der Waals surface area contributed by atoms with Crippen LogP contribution in [0.15, 0.2) is 82.6 Å². The number of ether oxygens (including phenoxy) is 1. The number of thioether (sulfide) groups is 1. The van der Waals surface area contributed by atoms with E-state index >= 15 is 0 Å². The van der Waals surface area contributed by atoms with E-state index in [4.69, 9.17) is 4.74 Å². The van der Waals surface area contributed by atoms with Gasteiger partial charge in [0.15, 0.2) is 0 Å². The van der Waals surface area contributed by atoms with E-state index in [9.17, 15) is 32.3 Å². The van der Waals surface area contributed by atoms with Crippen molar-refractivity contribution in [1.29, 1.82) is 0 Å². The number of halogens is 3. The van der Waals surface area contributed by atoms with Crippen LogP contribution >= 0.6 is 23.1 Å². The molecule has 0 radical (unpaired) electrons. The van der Waals surface area contributed by atoms with Crippen molar-refractivity contribution in [3.8, 4) is 5.75 Å². The van der Waals surface area contributed by atoms with E-state index in [0.29, 0.717) is 26.9 Å². The number of aryl methyl sites for hydroxylation is 1. The summed E-state index contributed by atoms with van der Waals surface area (Å²) >= 11 is 1.87. The quantitative estimate of drug-likeness (QED) is 0.273. The molecule has 3 atom stereocenters. The zero-order valence-corrected chi connectivity index (χ0v) is 24.9. The van der Waals surface area contributed by atoms with E-state index in [0.717, 1.165) is 51.8 Å². The Labute approximate surface area is 257 Å². The minimum atomic E-state index is -4.67. The number of hydrogen-bond acceptors (Lipinski definition) is 7. The fraction of sp³-hybridized carbons (Fsp3) is 0.226. The number of anilines is 2. The van der Waals surface area contributed by atoms with Gasteiger partial charge >= 0.3 is 11.0 Å². The zero-order chi connectivity index (χ0) is 31.3. The van der Waals surface area contributed by atoms with E-state index in [1.165, 1.54) is 17.7 Å². The summed E-state index contributed by atoms with van der Waals surface area (Å²) in [5.74, 6) is -3.04. The minimum Gasteiger partial charge on any atom is -0.497 e. The highest BCUT2D eigenvalue weighted by Crippen LogP contribution is 2.54. The van der Waals surface area contributed by atoms with Crippen LogP contribution in [-0.4, -0.2) is 34.6 Å². The van der Waals surface area contributed by atoms with E-state index in [1.54, 1.807) is 36.4 Å². The Morgan fingerprint density at radius 3 is 2.34 bits per heavy atom. The van der Waals surface area contributed by atoms with Crippen LogP contribution < -0.4 is 19.8 Å². The summed E-state index contributed by atoms with van der Waals surface area (Å²) in [6.45, 7) is 1.58. The summed E-state index contributed by atoms with van der Waals surface area (Å²) in [6, 6.07) is 18.1. The molecule has 0 aliphatic carbocycles. The number of hydrogen-bond donors (Lipinski definition) is 1. The third kappa shape index (κ3) is 5.30. The molecule has 226 valence electrons. The number of carbonyl (C=O) groups excluding carboxylic acids is 3. The third-order valence-corrected chi connectivity index (χ3v) is 10.2. The summed E-state index contributed by atoms with van der Waals surface area (Å²) in [5, 5.41) is 2.09. The number of rotatable bonds is 6. The van der Waals surface area contributed by atoms with Crippen molar-refractivity contribution in [2.75, 3.05) is 17.3 Å². The molecule has 1 saturated heterocycles. The first kappa shape index (κ1) is 29.7. The average Bonchev–Trinajstić information content (AvgIpc) is 3.44. The van der Waals surface area contributed by atoms with Crippen molar-refractivity contribution in [1.82, 2.24) is 4.57 Å². The van der Waals surface area contributed by atoms with Crippen molar-refractivity contribution >= 4 is 52.2 Å². The SMILES string of the molecule is COc1ccc([C@H]2c3sc(=O)n(CC(=O)Nc4ccc(C)cc4)c3SC3C(=O)N(c4cccc(C(F)(F)F)c4)C(=O)C32)cc1. The lowest BCUT2D eigenvalue weighted by molar-refractivity contribution is -0.137. The fourth-order valence-electron chi connectivity index (χ4n) is 5.48. The summed E-state index contributed by atoms with van der Waals surface area (Å²) in [6.07, 6.45) is -4.67. The second-order valence-corrected chi connectivity index (χ2v) is 12.5. The molecule has 2 aliphatic rings. The molecule has 3 aromatic carbocycles. The Kier molecular flexibility index (Phi) is 7.62. The topological polar surface area (TPSA) is 97.7 Å². The van der Waals surface area contributed by atoms with Crippen LogP contribution in [0.2, 0.25) is 0 Å². The second-order valence-electron chi connectivity index (χ2n) is 10.4. The maximum Gasteiger partial charge on any atom is 0.416 e. The van der Waals surface area contributed by atoms with Crippen molar-refractivity contribution < 1.29 is 32.3 Å². The number of nitrogens with one attached hydrogen (secondary N) is 1. The predicted molar refractivity (Wildman–Crippen MR) is 160 cm³/mol. The van der Waals surface area contributed by atoms with Crippen molar-refractivity contribution in [2.24, 2.45) is 5.92 Å². The Morgan fingerprint density at radius 2 is 1.68 bits per heavy atom. The van der Waals surface area contributed by atoms with E-state index < -0.39 is 51.4 Å². The maximum atomic E-state index is 14.0. The summed E-state index contributed by atoms with van der Waals surface area (Å²) < 4.78 is 47.1. The van der Waals surface area contributed by atoms with E-state index in [2.05, 4.69) is 5.32 Å². The molecule has 2 unspecified atom stereocenters. The van der Waals surface area contributed by atoms with Gasteiger partial charge in [-0.15, -0.1) is 0 Å². The van der Waals surface area contributed by atoms with Crippen LogP contribution in [-0.2, 0) is 27.1 Å². The standard InChI is InChI=1S/C31H24F3N3O5S2/c1-16-6-10-19(11-7-16)35-22(38)15-36-29-26(44-30(36)41)23(17-8-12-21(42-2)13-9-17)24-25(43-29)28(40)37(27(24)39)20-5-3-4-18(14-20)31(32,33)34/h3-14,23-25H,15H2,1-2H3,(H,35,38)/t23-,24?,25?/m1/s1. The Morgan fingerprint density at radius 1 is 0.977 bits per heavy atom. The number of fused-ring (bicyclic) bond motifs is 2. The summed E-state index contributed by atoms with van der Waals surface area (Å²) in [5.41, 5.74) is 1.01. The Bertz CT molecular complexity index is 1830. The van der Waals surface area contributed by atoms with Crippen molar-refractivity contribution in [3.05, 3.63) is 104 Å². The molecule has 0 bridgehead atoms. The first-order valence-electron chi connectivity index (χ1n) is 13.4. The molecule has 4 aromatic rings. The first-order chi connectivity index (χ1) is 21.0. The average molecular weight is 640 g/mol. The molecular formula is C31H24F3N3O5S2. The minimum absolute atomic E-state index is 0.184. The number of aromatic nitrogens is 1. The van der Waals surface area contributed by atoms with Gasteiger partial charge in [-0.3, -0.25) is 23.7 Å². The molecule has 3 amide bonds. The Hall–Kier alpha value is -4.36. The van der Waals surface area contributed by atoms with Gasteiger partial charge in [-0.2, -0.15) is 13.2 Å². The van der Waals surface area contributed by atoms with Crippen molar-refractivity contribution in [3.63, 3.8) is 0 Å². The van der Waals surface area contributed by atoms with Gasteiger partial charge in [0.25, 0.3) is 0 Å². The molecule has 44 heavy (non-hydrogen) atoms. The maximum absolute atomic E-state index is 14.0. The van der Waals surface area contributed by atoms with Crippen LogP contribution in [0.5, 0.6) is 5.75 Å². The number of benzene rings is 3. The molecular weight excluding hydrogens is 615 g/mol. The normalized spacial score (nSPS) is 19.5. The Balaban J connectivity index is 1.41. The van der Waals surface area contributed by atoms with Gasteiger partial charge in [0, 0.05) is 16.5 Å². The van der Waals surface area contributed by atoms with E-state index in [-0.39, 0.29) is 12.2 Å². The molecule has 2 aliphatic heterocycles. The molecule has 0 spiro atoms. The molecule has 1 fully saturated rings.